The number of amides is 1. The number of carbonyl (C=O) groups excluding carboxylic acids is 1. The van der Waals surface area contributed by atoms with E-state index in [1.807, 2.05) is 72.7 Å². The Labute approximate surface area is 192 Å². The van der Waals surface area contributed by atoms with Crippen molar-refractivity contribution in [3.05, 3.63) is 23.9 Å². The van der Waals surface area contributed by atoms with E-state index < -0.39 is 17.2 Å². The monoisotopic (exact) mass is 520 g/mol. The van der Waals surface area contributed by atoms with Gasteiger partial charge in [-0.15, -0.1) is 24.0 Å². The highest BCUT2D eigenvalue weighted by atomic mass is 127. The lowest BCUT2D eigenvalue weighted by Crippen LogP contribution is -2.54. The van der Waals surface area contributed by atoms with Gasteiger partial charge in [-0.05, 0) is 59.2 Å². The third-order valence-electron chi connectivity index (χ3n) is 3.57. The molecule has 0 aliphatic carbocycles. The number of aromatic nitrogens is 1. The third kappa shape index (κ3) is 11.7. The lowest BCUT2D eigenvalue weighted by atomic mass is 10.1. The Kier molecular flexibility index (Phi) is 11.3. The molecule has 166 valence electrons. The summed E-state index contributed by atoms with van der Waals surface area (Å²) in [6.07, 6.45) is 1.35. The molecule has 0 spiro atoms. The SMILES string of the molecule is CCNC(=NCc1ccnc(N(C)C)c1)NCC(C)(C)NC(=O)OC(C)(C)C.I. The summed E-state index contributed by atoms with van der Waals surface area (Å²) in [6.45, 7) is 13.2. The van der Waals surface area contributed by atoms with Gasteiger partial charge in [0.25, 0.3) is 0 Å². The summed E-state index contributed by atoms with van der Waals surface area (Å²) >= 11 is 0. The van der Waals surface area contributed by atoms with E-state index in [1.165, 1.54) is 0 Å². The minimum atomic E-state index is -0.528. The van der Waals surface area contributed by atoms with Crippen molar-refractivity contribution in [3.63, 3.8) is 0 Å². The van der Waals surface area contributed by atoms with Gasteiger partial charge in [0, 0.05) is 33.4 Å². The quantitative estimate of drug-likeness (QED) is 0.291. The maximum atomic E-state index is 12.0. The Morgan fingerprint density at radius 1 is 1.21 bits per heavy atom. The van der Waals surface area contributed by atoms with Crippen LogP contribution in [0, 0.1) is 0 Å². The zero-order chi connectivity index (χ0) is 21.4. The van der Waals surface area contributed by atoms with Crippen LogP contribution < -0.4 is 20.9 Å². The summed E-state index contributed by atoms with van der Waals surface area (Å²) in [5.41, 5.74) is 0.0368. The number of nitrogens with one attached hydrogen (secondary N) is 3. The summed E-state index contributed by atoms with van der Waals surface area (Å²) < 4.78 is 5.33. The first-order chi connectivity index (χ1) is 12.9. The summed E-state index contributed by atoms with van der Waals surface area (Å²) in [4.78, 5) is 22.9. The average Bonchev–Trinajstić information content (AvgIpc) is 2.55. The van der Waals surface area contributed by atoms with E-state index in [9.17, 15) is 4.79 Å². The van der Waals surface area contributed by atoms with Gasteiger partial charge >= 0.3 is 6.09 Å². The molecule has 1 amide bonds. The number of nitrogens with zero attached hydrogens (tertiary/aromatic N) is 3. The number of ether oxygens (including phenoxy) is 1. The topological polar surface area (TPSA) is 90.9 Å². The van der Waals surface area contributed by atoms with E-state index in [4.69, 9.17) is 4.74 Å². The van der Waals surface area contributed by atoms with Gasteiger partial charge in [0.2, 0.25) is 0 Å². The normalized spacial score (nSPS) is 11.9. The van der Waals surface area contributed by atoms with Crippen LogP contribution in [0.25, 0.3) is 0 Å². The Morgan fingerprint density at radius 2 is 1.86 bits per heavy atom. The number of hydrogen-bond donors (Lipinski definition) is 3. The second-order valence-corrected chi connectivity index (χ2v) is 8.48. The van der Waals surface area contributed by atoms with Crippen molar-refractivity contribution >= 4 is 41.8 Å². The van der Waals surface area contributed by atoms with Gasteiger partial charge in [-0.25, -0.2) is 14.8 Å². The van der Waals surface area contributed by atoms with Crippen LogP contribution in [0.4, 0.5) is 10.6 Å². The summed E-state index contributed by atoms with van der Waals surface area (Å²) in [6, 6.07) is 3.97. The van der Waals surface area contributed by atoms with Crippen molar-refractivity contribution < 1.29 is 9.53 Å². The Hall–Kier alpha value is -1.78. The predicted molar refractivity (Wildman–Crippen MR) is 130 cm³/mol. The number of carbonyl (C=O) groups is 1. The lowest BCUT2D eigenvalue weighted by Gasteiger charge is -2.29. The number of alkyl carbamates (subject to hydrolysis) is 1. The van der Waals surface area contributed by atoms with E-state index in [0.717, 1.165) is 17.9 Å². The molecule has 0 aromatic carbocycles. The molecule has 0 aliphatic rings. The smallest absolute Gasteiger partial charge is 0.408 e. The molecule has 0 radical (unpaired) electrons. The second kappa shape index (κ2) is 12.0. The zero-order valence-electron chi connectivity index (χ0n) is 18.9. The van der Waals surface area contributed by atoms with Crippen LogP contribution in [0.3, 0.4) is 0 Å². The van der Waals surface area contributed by atoms with Crippen LogP contribution in [0.1, 0.15) is 47.1 Å². The molecule has 0 saturated heterocycles. The van der Waals surface area contributed by atoms with Crippen LogP contribution in [0.15, 0.2) is 23.3 Å². The molecule has 1 aromatic heterocycles. The van der Waals surface area contributed by atoms with Gasteiger partial charge in [0.15, 0.2) is 5.96 Å². The van der Waals surface area contributed by atoms with E-state index in [1.54, 1.807) is 6.20 Å². The van der Waals surface area contributed by atoms with E-state index in [2.05, 4.69) is 25.9 Å². The summed E-state index contributed by atoms with van der Waals surface area (Å²) in [5.74, 6) is 1.58. The summed E-state index contributed by atoms with van der Waals surface area (Å²) in [5, 5.41) is 9.39. The van der Waals surface area contributed by atoms with Crippen molar-refractivity contribution in [2.24, 2.45) is 4.99 Å². The minimum absolute atomic E-state index is 0. The van der Waals surface area contributed by atoms with Crippen molar-refractivity contribution in [2.75, 3.05) is 32.1 Å². The van der Waals surface area contributed by atoms with Gasteiger partial charge in [-0.2, -0.15) is 0 Å². The lowest BCUT2D eigenvalue weighted by molar-refractivity contribution is 0.0474. The maximum absolute atomic E-state index is 12.0. The van der Waals surface area contributed by atoms with Crippen LogP contribution in [0.2, 0.25) is 0 Å². The largest absolute Gasteiger partial charge is 0.444 e. The highest BCUT2D eigenvalue weighted by Crippen LogP contribution is 2.11. The fourth-order valence-corrected chi connectivity index (χ4v) is 2.24. The van der Waals surface area contributed by atoms with Crippen LogP contribution >= 0.6 is 24.0 Å². The molecule has 29 heavy (non-hydrogen) atoms. The second-order valence-electron chi connectivity index (χ2n) is 8.48. The molecule has 0 aliphatic heterocycles. The van der Waals surface area contributed by atoms with Gasteiger partial charge in [0.1, 0.15) is 11.4 Å². The fourth-order valence-electron chi connectivity index (χ4n) is 2.24. The Bertz CT molecular complexity index is 671. The first kappa shape index (κ1) is 27.2. The van der Waals surface area contributed by atoms with Crippen molar-refractivity contribution in [3.8, 4) is 0 Å². The fraction of sp³-hybridized carbons (Fsp3) is 0.650. The summed E-state index contributed by atoms with van der Waals surface area (Å²) in [7, 11) is 3.92. The predicted octanol–water partition coefficient (Wildman–Crippen LogP) is 3.12. The molecule has 3 N–H and O–H groups in total. The molecule has 0 saturated carbocycles. The van der Waals surface area contributed by atoms with Gasteiger partial charge < -0.3 is 25.6 Å². The molecule has 1 rings (SSSR count). The van der Waals surface area contributed by atoms with Crippen LogP contribution in [-0.2, 0) is 11.3 Å². The Morgan fingerprint density at radius 3 is 2.41 bits per heavy atom. The number of halogens is 1. The van der Waals surface area contributed by atoms with Gasteiger partial charge in [0.05, 0.1) is 12.1 Å². The number of pyridine rings is 1. The number of guanidine groups is 1. The van der Waals surface area contributed by atoms with E-state index in [0.29, 0.717) is 19.0 Å². The van der Waals surface area contributed by atoms with Crippen molar-refractivity contribution in [1.82, 2.24) is 20.9 Å². The molecule has 1 aromatic rings. The number of aliphatic imine (C=N–C) groups is 1. The number of hydrogen-bond acceptors (Lipinski definition) is 5. The molecule has 0 bridgehead atoms. The highest BCUT2D eigenvalue weighted by molar-refractivity contribution is 14.0. The number of anilines is 1. The average molecular weight is 520 g/mol. The highest BCUT2D eigenvalue weighted by Gasteiger charge is 2.24. The van der Waals surface area contributed by atoms with Gasteiger partial charge in [-0.3, -0.25) is 0 Å². The third-order valence-corrected chi connectivity index (χ3v) is 3.57. The molecule has 0 atom stereocenters. The molecular weight excluding hydrogens is 483 g/mol. The standard InChI is InChI=1S/C20H36N6O2.HI/c1-9-21-17(23-13-15-10-11-22-16(12-15)26(7)8)24-14-20(5,6)25-18(27)28-19(2,3)4;/h10-12H,9,13-14H2,1-8H3,(H,25,27)(H2,21,23,24);1H. The maximum Gasteiger partial charge on any atom is 0.408 e. The molecular formula is C20H37IN6O2. The van der Waals surface area contributed by atoms with E-state index >= 15 is 0 Å². The first-order valence-electron chi connectivity index (χ1n) is 9.57. The zero-order valence-corrected chi connectivity index (χ0v) is 21.3. The van der Waals surface area contributed by atoms with Crippen LogP contribution in [0.5, 0.6) is 0 Å². The van der Waals surface area contributed by atoms with Crippen molar-refractivity contribution in [2.45, 2.75) is 59.2 Å². The Balaban J connectivity index is 0.00000784. The molecule has 1 heterocycles. The minimum Gasteiger partial charge on any atom is -0.444 e. The first-order valence-corrected chi connectivity index (χ1v) is 9.57. The molecule has 8 nitrogen and oxygen atoms in total. The van der Waals surface area contributed by atoms with Crippen molar-refractivity contribution in [1.29, 1.82) is 0 Å². The molecule has 0 fully saturated rings. The molecule has 0 unspecified atom stereocenters. The van der Waals surface area contributed by atoms with Crippen LogP contribution in [-0.4, -0.2) is 55.4 Å². The van der Waals surface area contributed by atoms with E-state index in [-0.39, 0.29) is 24.0 Å². The number of rotatable bonds is 7. The van der Waals surface area contributed by atoms with Gasteiger partial charge in [-0.1, -0.05) is 0 Å². The molecule has 9 heteroatoms.